The maximum atomic E-state index is 8.40. The third-order valence-electron chi connectivity index (χ3n) is 1.55. The minimum Gasteiger partial charge on any atom is -0.394 e. The Balaban J connectivity index is 1.86. The summed E-state index contributed by atoms with van der Waals surface area (Å²) in [4.78, 5) is 0. The van der Waals surface area contributed by atoms with E-state index in [0.29, 0.717) is 39.6 Å². The summed E-state index contributed by atoms with van der Waals surface area (Å²) >= 11 is 0. The second-order valence-corrected chi connectivity index (χ2v) is 2.58. The minimum absolute atomic E-state index is 0.0447. The van der Waals surface area contributed by atoms with Gasteiger partial charge in [-0.2, -0.15) is 0 Å². The smallest absolute Gasteiger partial charge is 0.181 e. The molecule has 5 heteroatoms. The number of rotatable bonds is 6. The lowest BCUT2D eigenvalue weighted by atomic mass is 10.6. The fourth-order valence-corrected chi connectivity index (χ4v) is 0.967. The third kappa shape index (κ3) is 5.17. The zero-order chi connectivity index (χ0) is 9.36. The van der Waals surface area contributed by atoms with Gasteiger partial charge < -0.3 is 24.1 Å². The molecule has 0 aliphatic carbocycles. The molecule has 0 aromatic rings. The summed E-state index contributed by atoms with van der Waals surface area (Å²) in [6, 6.07) is 0. The van der Waals surface area contributed by atoms with E-state index < -0.39 is 0 Å². The summed E-state index contributed by atoms with van der Waals surface area (Å²) in [5.74, 6) is 0. The van der Waals surface area contributed by atoms with Crippen LogP contribution in [0.3, 0.4) is 0 Å². The van der Waals surface area contributed by atoms with Crippen LogP contribution in [0.25, 0.3) is 0 Å². The van der Waals surface area contributed by atoms with Crippen molar-refractivity contribution in [1.29, 1.82) is 0 Å². The maximum Gasteiger partial charge on any atom is 0.181 e. The molecule has 1 saturated heterocycles. The summed E-state index contributed by atoms with van der Waals surface area (Å²) in [5.41, 5.74) is 0. The fraction of sp³-hybridized carbons (Fsp3) is 1.00. The van der Waals surface area contributed by atoms with Crippen LogP contribution in [0.1, 0.15) is 0 Å². The van der Waals surface area contributed by atoms with Crippen molar-refractivity contribution >= 4 is 0 Å². The first-order valence-corrected chi connectivity index (χ1v) is 4.43. The highest BCUT2D eigenvalue weighted by atomic mass is 16.7. The van der Waals surface area contributed by atoms with E-state index in [1.165, 1.54) is 0 Å². The van der Waals surface area contributed by atoms with Crippen molar-refractivity contribution in [2.24, 2.45) is 0 Å². The lowest BCUT2D eigenvalue weighted by Gasteiger charge is -2.22. The molecule has 1 aliphatic heterocycles. The number of ether oxygens (including phenoxy) is 4. The number of aliphatic hydroxyl groups excluding tert-OH is 1. The number of hydrogen-bond donors (Lipinski definition) is 1. The van der Waals surface area contributed by atoms with Crippen LogP contribution in [-0.4, -0.2) is 57.6 Å². The van der Waals surface area contributed by atoms with E-state index in [2.05, 4.69) is 0 Å². The van der Waals surface area contributed by atoms with Gasteiger partial charge in [-0.05, 0) is 0 Å². The molecule has 0 aromatic heterocycles. The molecule has 1 aliphatic rings. The normalized spacial score (nSPS) is 23.3. The van der Waals surface area contributed by atoms with Crippen LogP contribution < -0.4 is 0 Å². The first kappa shape index (κ1) is 10.9. The monoisotopic (exact) mass is 192 g/mol. The first-order valence-electron chi connectivity index (χ1n) is 4.43. The van der Waals surface area contributed by atoms with Gasteiger partial charge in [0.05, 0.1) is 46.2 Å². The van der Waals surface area contributed by atoms with Crippen molar-refractivity contribution in [3.63, 3.8) is 0 Å². The SMILES string of the molecule is OCCOCCOC1COCCO1. The van der Waals surface area contributed by atoms with Gasteiger partial charge >= 0.3 is 0 Å². The van der Waals surface area contributed by atoms with Crippen LogP contribution >= 0.6 is 0 Å². The van der Waals surface area contributed by atoms with Crippen molar-refractivity contribution in [2.45, 2.75) is 6.29 Å². The van der Waals surface area contributed by atoms with Gasteiger partial charge in [0.25, 0.3) is 0 Å². The van der Waals surface area contributed by atoms with E-state index in [0.717, 1.165) is 0 Å². The van der Waals surface area contributed by atoms with Gasteiger partial charge in [0.1, 0.15) is 0 Å². The topological polar surface area (TPSA) is 57.2 Å². The molecule has 78 valence electrons. The first-order chi connectivity index (χ1) is 6.43. The van der Waals surface area contributed by atoms with Gasteiger partial charge in [-0.3, -0.25) is 0 Å². The molecular weight excluding hydrogens is 176 g/mol. The van der Waals surface area contributed by atoms with Crippen molar-refractivity contribution in [2.75, 3.05) is 46.2 Å². The Kier molecular flexibility index (Phi) is 6.05. The Hall–Kier alpha value is -0.200. The second kappa shape index (κ2) is 7.23. The predicted octanol–water partition coefficient (Wildman–Crippen LogP) is -0.615. The molecule has 5 nitrogen and oxygen atoms in total. The van der Waals surface area contributed by atoms with Gasteiger partial charge in [-0.1, -0.05) is 0 Å². The van der Waals surface area contributed by atoms with Crippen molar-refractivity contribution in [1.82, 2.24) is 0 Å². The van der Waals surface area contributed by atoms with Crippen LogP contribution in [0.2, 0.25) is 0 Å². The van der Waals surface area contributed by atoms with E-state index >= 15 is 0 Å². The zero-order valence-electron chi connectivity index (χ0n) is 7.61. The summed E-state index contributed by atoms with van der Waals surface area (Å²) < 4.78 is 20.6. The summed E-state index contributed by atoms with van der Waals surface area (Å²) in [5, 5.41) is 8.40. The molecule has 0 saturated carbocycles. The molecule has 1 atom stereocenters. The molecule has 0 radical (unpaired) electrons. The van der Waals surface area contributed by atoms with Crippen LogP contribution in [0, 0.1) is 0 Å². The molecule has 1 heterocycles. The Morgan fingerprint density at radius 3 is 2.85 bits per heavy atom. The van der Waals surface area contributed by atoms with Crippen molar-refractivity contribution in [3.8, 4) is 0 Å². The number of hydrogen-bond acceptors (Lipinski definition) is 5. The van der Waals surface area contributed by atoms with Crippen LogP contribution in [0.5, 0.6) is 0 Å². The Bertz CT molecular complexity index is 113. The fourth-order valence-electron chi connectivity index (χ4n) is 0.967. The van der Waals surface area contributed by atoms with Gasteiger partial charge in [-0.25, -0.2) is 0 Å². The van der Waals surface area contributed by atoms with Crippen molar-refractivity contribution < 1.29 is 24.1 Å². The second-order valence-electron chi connectivity index (χ2n) is 2.58. The molecule has 1 N–H and O–H groups in total. The highest BCUT2D eigenvalue weighted by Crippen LogP contribution is 2.01. The zero-order valence-corrected chi connectivity index (χ0v) is 7.61. The minimum atomic E-state index is -0.258. The Labute approximate surface area is 77.5 Å². The maximum absolute atomic E-state index is 8.40. The van der Waals surface area contributed by atoms with E-state index in [1.807, 2.05) is 0 Å². The van der Waals surface area contributed by atoms with E-state index in [1.54, 1.807) is 0 Å². The summed E-state index contributed by atoms with van der Waals surface area (Å²) in [7, 11) is 0. The number of aliphatic hydroxyl groups is 1. The van der Waals surface area contributed by atoms with E-state index in [-0.39, 0.29) is 12.9 Å². The molecular formula is C8H16O5. The summed E-state index contributed by atoms with van der Waals surface area (Å²) in [6.07, 6.45) is -0.258. The molecule has 1 rings (SSSR count). The quantitative estimate of drug-likeness (QED) is 0.569. The molecule has 0 amide bonds. The molecule has 1 unspecified atom stereocenters. The van der Waals surface area contributed by atoms with Crippen LogP contribution in [-0.2, 0) is 18.9 Å². The van der Waals surface area contributed by atoms with Crippen LogP contribution in [0.15, 0.2) is 0 Å². The molecule has 0 aromatic carbocycles. The molecule has 0 spiro atoms. The summed E-state index contributed by atoms with van der Waals surface area (Å²) in [6.45, 7) is 3.05. The highest BCUT2D eigenvalue weighted by Gasteiger charge is 2.13. The van der Waals surface area contributed by atoms with E-state index in [4.69, 9.17) is 24.1 Å². The van der Waals surface area contributed by atoms with E-state index in [9.17, 15) is 0 Å². The third-order valence-corrected chi connectivity index (χ3v) is 1.55. The lowest BCUT2D eigenvalue weighted by Crippen LogP contribution is -2.31. The molecule has 1 fully saturated rings. The largest absolute Gasteiger partial charge is 0.394 e. The molecule has 0 bridgehead atoms. The standard InChI is InChI=1S/C8H16O5/c9-1-2-10-3-5-12-8-7-11-4-6-13-8/h8-9H,1-7H2. The average molecular weight is 192 g/mol. The Morgan fingerprint density at radius 1 is 1.23 bits per heavy atom. The lowest BCUT2D eigenvalue weighted by molar-refractivity contribution is -0.215. The molecule has 13 heavy (non-hydrogen) atoms. The Morgan fingerprint density at radius 2 is 2.15 bits per heavy atom. The van der Waals surface area contributed by atoms with Crippen molar-refractivity contribution in [3.05, 3.63) is 0 Å². The van der Waals surface area contributed by atoms with Gasteiger partial charge in [-0.15, -0.1) is 0 Å². The van der Waals surface area contributed by atoms with Gasteiger partial charge in [0.2, 0.25) is 0 Å². The van der Waals surface area contributed by atoms with Gasteiger partial charge in [0.15, 0.2) is 6.29 Å². The van der Waals surface area contributed by atoms with Crippen LogP contribution in [0.4, 0.5) is 0 Å². The van der Waals surface area contributed by atoms with Gasteiger partial charge in [0, 0.05) is 0 Å². The average Bonchev–Trinajstić information content (AvgIpc) is 2.19. The highest BCUT2D eigenvalue weighted by molar-refractivity contribution is 4.48. The predicted molar refractivity (Wildman–Crippen MR) is 44.4 cm³/mol.